The second-order valence-electron chi connectivity index (χ2n) is 3.71. The molecule has 18 heavy (non-hydrogen) atoms. The Morgan fingerprint density at radius 2 is 2.00 bits per heavy atom. The van der Waals surface area contributed by atoms with E-state index in [0.29, 0.717) is 6.07 Å². The molecule has 1 atom stereocenters. The first kappa shape index (κ1) is 14.5. The van der Waals surface area contributed by atoms with Crippen LogP contribution >= 0.6 is 0 Å². The minimum atomic E-state index is -3.77. The third-order valence-corrected chi connectivity index (χ3v) is 3.46. The smallest absolute Gasteiger partial charge is 0.312 e. The maximum Gasteiger partial charge on any atom is 0.312 e. The largest absolute Gasteiger partial charge is 0.481 e. The van der Waals surface area contributed by atoms with Crippen molar-refractivity contribution < 1.29 is 27.1 Å². The summed E-state index contributed by atoms with van der Waals surface area (Å²) in [6.07, 6.45) is 0.807. The standard InChI is InChI=1S/C10H11F2NO4S/c1-18(16,17)5-2-6(7(4-13)10(14)15)9(12)8(11)3-5/h2-3,7H,4,13H2,1H3,(H,14,15). The van der Waals surface area contributed by atoms with E-state index < -0.39 is 50.4 Å². The lowest BCUT2D eigenvalue weighted by atomic mass is 9.99. The topological polar surface area (TPSA) is 97.5 Å². The molecule has 5 nitrogen and oxygen atoms in total. The van der Waals surface area contributed by atoms with E-state index in [-0.39, 0.29) is 0 Å². The second-order valence-corrected chi connectivity index (χ2v) is 5.72. The zero-order valence-electron chi connectivity index (χ0n) is 9.35. The highest BCUT2D eigenvalue weighted by molar-refractivity contribution is 7.90. The number of carboxylic acids is 1. The van der Waals surface area contributed by atoms with Gasteiger partial charge in [0.2, 0.25) is 0 Å². The average Bonchev–Trinajstić information content (AvgIpc) is 2.22. The third-order valence-electron chi connectivity index (χ3n) is 2.37. The predicted octanol–water partition coefficient (Wildman–Crippen LogP) is 0.495. The summed E-state index contributed by atoms with van der Waals surface area (Å²) in [5.74, 6) is -5.78. The van der Waals surface area contributed by atoms with Crippen LogP contribution in [0.2, 0.25) is 0 Å². The first-order valence-corrected chi connectivity index (χ1v) is 6.69. The molecule has 0 amide bonds. The lowest BCUT2D eigenvalue weighted by Crippen LogP contribution is -2.23. The van der Waals surface area contributed by atoms with Gasteiger partial charge >= 0.3 is 5.97 Å². The van der Waals surface area contributed by atoms with Crippen LogP contribution in [0, 0.1) is 11.6 Å². The molecular weight excluding hydrogens is 268 g/mol. The molecule has 1 aromatic rings. The van der Waals surface area contributed by atoms with Crippen molar-refractivity contribution in [2.75, 3.05) is 12.8 Å². The van der Waals surface area contributed by atoms with Crippen LogP contribution in [0.1, 0.15) is 11.5 Å². The normalized spacial score (nSPS) is 13.3. The number of benzene rings is 1. The van der Waals surface area contributed by atoms with Gasteiger partial charge in [0, 0.05) is 18.4 Å². The highest BCUT2D eigenvalue weighted by atomic mass is 32.2. The third kappa shape index (κ3) is 2.82. The summed E-state index contributed by atoms with van der Waals surface area (Å²) in [6.45, 7) is -0.473. The number of carbonyl (C=O) groups is 1. The van der Waals surface area contributed by atoms with Gasteiger partial charge in [-0.1, -0.05) is 0 Å². The average molecular weight is 279 g/mol. The minimum Gasteiger partial charge on any atom is -0.481 e. The van der Waals surface area contributed by atoms with Gasteiger partial charge in [0.1, 0.15) is 0 Å². The van der Waals surface area contributed by atoms with E-state index in [9.17, 15) is 22.0 Å². The number of hydrogen-bond donors (Lipinski definition) is 2. The van der Waals surface area contributed by atoms with Gasteiger partial charge in [0.15, 0.2) is 21.5 Å². The Morgan fingerprint density at radius 1 is 1.44 bits per heavy atom. The first-order valence-electron chi connectivity index (χ1n) is 4.80. The van der Waals surface area contributed by atoms with E-state index in [1.54, 1.807) is 0 Å². The molecule has 0 bridgehead atoms. The van der Waals surface area contributed by atoms with Crippen molar-refractivity contribution in [2.24, 2.45) is 5.73 Å². The molecule has 0 aliphatic rings. The number of rotatable bonds is 4. The molecule has 1 unspecified atom stereocenters. The van der Waals surface area contributed by atoms with Crippen LogP contribution in [0.3, 0.4) is 0 Å². The van der Waals surface area contributed by atoms with E-state index >= 15 is 0 Å². The molecular formula is C10H11F2NO4S. The Morgan fingerprint density at radius 3 is 2.39 bits per heavy atom. The van der Waals surface area contributed by atoms with Crippen molar-refractivity contribution in [1.29, 1.82) is 0 Å². The van der Waals surface area contributed by atoms with E-state index in [4.69, 9.17) is 10.8 Å². The summed E-state index contributed by atoms with van der Waals surface area (Å²) >= 11 is 0. The summed E-state index contributed by atoms with van der Waals surface area (Å²) in [5, 5.41) is 8.82. The Balaban J connectivity index is 3.53. The molecule has 3 N–H and O–H groups in total. The fourth-order valence-corrected chi connectivity index (χ4v) is 2.07. The SMILES string of the molecule is CS(=O)(=O)c1cc(F)c(F)c(C(CN)C(=O)O)c1. The van der Waals surface area contributed by atoms with Gasteiger partial charge in [0.05, 0.1) is 10.8 Å². The Hall–Kier alpha value is -1.54. The number of sulfone groups is 1. The van der Waals surface area contributed by atoms with Crippen LogP contribution in [0.15, 0.2) is 17.0 Å². The van der Waals surface area contributed by atoms with Crippen molar-refractivity contribution >= 4 is 15.8 Å². The van der Waals surface area contributed by atoms with Crippen LogP contribution in [-0.2, 0) is 14.6 Å². The van der Waals surface area contributed by atoms with Gasteiger partial charge in [-0.3, -0.25) is 4.79 Å². The molecule has 0 aliphatic heterocycles. The Labute approximate surface area is 102 Å². The Kier molecular flexibility index (Phi) is 4.02. The number of hydrogen-bond acceptors (Lipinski definition) is 4. The van der Waals surface area contributed by atoms with Gasteiger partial charge in [-0.25, -0.2) is 17.2 Å². The monoisotopic (exact) mass is 279 g/mol. The maximum atomic E-state index is 13.5. The summed E-state index contributed by atoms with van der Waals surface area (Å²) < 4.78 is 49.3. The molecule has 0 spiro atoms. The Bertz CT molecular complexity index is 586. The van der Waals surface area contributed by atoms with Crippen LogP contribution in [0.4, 0.5) is 8.78 Å². The highest BCUT2D eigenvalue weighted by Crippen LogP contribution is 2.25. The van der Waals surface area contributed by atoms with E-state index in [0.717, 1.165) is 12.3 Å². The molecule has 0 saturated carbocycles. The summed E-state index contributed by atoms with van der Waals surface area (Å²) in [6, 6.07) is 1.29. The molecule has 0 aliphatic carbocycles. The van der Waals surface area contributed by atoms with Crippen molar-refractivity contribution in [3.63, 3.8) is 0 Å². The lowest BCUT2D eigenvalue weighted by molar-refractivity contribution is -0.138. The van der Waals surface area contributed by atoms with Gasteiger partial charge in [-0.2, -0.15) is 0 Å². The quantitative estimate of drug-likeness (QED) is 0.782. The summed E-state index contributed by atoms with van der Waals surface area (Å²) in [7, 11) is -3.77. The zero-order chi connectivity index (χ0) is 14.1. The minimum absolute atomic E-state index is 0.473. The van der Waals surface area contributed by atoms with Gasteiger partial charge < -0.3 is 10.8 Å². The van der Waals surface area contributed by atoms with E-state index in [1.165, 1.54) is 0 Å². The van der Waals surface area contributed by atoms with Crippen molar-refractivity contribution in [3.05, 3.63) is 29.3 Å². The number of nitrogens with two attached hydrogens (primary N) is 1. The predicted molar refractivity (Wildman–Crippen MR) is 58.9 cm³/mol. The van der Waals surface area contributed by atoms with Gasteiger partial charge in [0.25, 0.3) is 0 Å². The van der Waals surface area contributed by atoms with Gasteiger partial charge in [-0.15, -0.1) is 0 Å². The zero-order valence-corrected chi connectivity index (χ0v) is 10.2. The molecule has 0 saturated heterocycles. The second kappa shape index (κ2) is 4.99. The molecule has 0 radical (unpaired) electrons. The van der Waals surface area contributed by atoms with Crippen molar-refractivity contribution in [2.45, 2.75) is 10.8 Å². The van der Waals surface area contributed by atoms with Crippen LogP contribution in [0.5, 0.6) is 0 Å². The number of aliphatic carboxylic acids is 1. The van der Waals surface area contributed by atoms with Gasteiger partial charge in [-0.05, 0) is 12.1 Å². The lowest BCUT2D eigenvalue weighted by Gasteiger charge is -2.13. The fourth-order valence-electron chi connectivity index (χ4n) is 1.41. The number of halogens is 2. The molecule has 0 fully saturated rings. The molecule has 0 heterocycles. The van der Waals surface area contributed by atoms with Crippen LogP contribution in [0.25, 0.3) is 0 Å². The molecule has 100 valence electrons. The molecule has 1 rings (SSSR count). The van der Waals surface area contributed by atoms with Crippen molar-refractivity contribution in [3.8, 4) is 0 Å². The van der Waals surface area contributed by atoms with Crippen molar-refractivity contribution in [1.82, 2.24) is 0 Å². The number of carboxylic acid groups (broad SMARTS) is 1. The highest BCUT2D eigenvalue weighted by Gasteiger charge is 2.26. The van der Waals surface area contributed by atoms with Crippen LogP contribution < -0.4 is 5.73 Å². The molecule has 0 aromatic heterocycles. The van der Waals surface area contributed by atoms with E-state index in [2.05, 4.69) is 0 Å². The first-order chi connectivity index (χ1) is 8.18. The maximum absolute atomic E-state index is 13.5. The summed E-state index contributed by atoms with van der Waals surface area (Å²) in [5.41, 5.74) is 4.59. The fraction of sp³-hybridized carbons (Fsp3) is 0.300. The molecule has 8 heteroatoms. The van der Waals surface area contributed by atoms with Crippen LogP contribution in [-0.4, -0.2) is 32.3 Å². The molecule has 1 aromatic carbocycles. The van der Waals surface area contributed by atoms with E-state index in [1.807, 2.05) is 0 Å². The summed E-state index contributed by atoms with van der Waals surface area (Å²) in [4.78, 5) is 10.3.